The van der Waals surface area contributed by atoms with Crippen molar-refractivity contribution in [2.75, 3.05) is 20.3 Å². The molecule has 1 fully saturated rings. The van der Waals surface area contributed by atoms with Gasteiger partial charge in [-0.05, 0) is 18.2 Å². The van der Waals surface area contributed by atoms with Crippen LogP contribution in [0.25, 0.3) is 0 Å². The molecule has 4 heteroatoms. The van der Waals surface area contributed by atoms with Gasteiger partial charge in [-0.3, -0.25) is 0 Å². The summed E-state index contributed by atoms with van der Waals surface area (Å²) in [7, 11) is 1.51. The molecule has 0 aromatic heterocycles. The summed E-state index contributed by atoms with van der Waals surface area (Å²) in [5.74, 6) is 0.154. The van der Waals surface area contributed by atoms with Gasteiger partial charge in [-0.15, -0.1) is 0 Å². The lowest BCUT2D eigenvalue weighted by atomic mass is 9.86. The molecule has 1 aromatic rings. The van der Waals surface area contributed by atoms with E-state index in [1.54, 1.807) is 0 Å². The van der Waals surface area contributed by atoms with E-state index in [2.05, 4.69) is 0 Å². The number of halogens is 1. The molecule has 0 saturated carbocycles. The van der Waals surface area contributed by atoms with Crippen molar-refractivity contribution in [3.63, 3.8) is 0 Å². The third-order valence-corrected chi connectivity index (χ3v) is 2.98. The minimum atomic E-state index is -1.04. The summed E-state index contributed by atoms with van der Waals surface area (Å²) in [5, 5.41) is 10.5. The van der Waals surface area contributed by atoms with Crippen molar-refractivity contribution in [2.24, 2.45) is 0 Å². The molecular weight excluding hydrogens is 211 g/mol. The lowest BCUT2D eigenvalue weighted by Gasteiger charge is -2.33. The summed E-state index contributed by atoms with van der Waals surface area (Å²) in [6, 6.07) is 4.20. The third kappa shape index (κ3) is 2.03. The molecule has 1 aliphatic rings. The summed E-state index contributed by atoms with van der Waals surface area (Å²) in [6.45, 7) is 0.965. The van der Waals surface area contributed by atoms with Gasteiger partial charge in [0.05, 0.1) is 12.7 Å². The van der Waals surface area contributed by atoms with Gasteiger partial charge in [0.1, 0.15) is 11.6 Å². The van der Waals surface area contributed by atoms with E-state index in [1.165, 1.54) is 25.3 Å². The maximum Gasteiger partial charge on any atom is 0.125 e. The smallest absolute Gasteiger partial charge is 0.125 e. The zero-order valence-electron chi connectivity index (χ0n) is 9.20. The number of hydrogen-bond donors (Lipinski definition) is 1. The van der Waals surface area contributed by atoms with Crippen LogP contribution in [0.2, 0.25) is 0 Å². The van der Waals surface area contributed by atoms with Gasteiger partial charge in [-0.2, -0.15) is 0 Å². The molecule has 16 heavy (non-hydrogen) atoms. The van der Waals surface area contributed by atoms with Crippen LogP contribution in [0.15, 0.2) is 18.2 Å². The second-order valence-electron chi connectivity index (χ2n) is 3.99. The molecule has 0 unspecified atom stereocenters. The zero-order valence-corrected chi connectivity index (χ0v) is 9.20. The number of hydrogen-bond acceptors (Lipinski definition) is 3. The quantitative estimate of drug-likeness (QED) is 0.836. The second kappa shape index (κ2) is 4.39. The van der Waals surface area contributed by atoms with Gasteiger partial charge in [-0.25, -0.2) is 4.39 Å². The van der Waals surface area contributed by atoms with E-state index in [0.29, 0.717) is 37.4 Å². The van der Waals surface area contributed by atoms with Gasteiger partial charge in [0.2, 0.25) is 0 Å². The molecule has 0 spiro atoms. The molecule has 0 radical (unpaired) electrons. The Bertz CT molecular complexity index is 373. The van der Waals surface area contributed by atoms with Gasteiger partial charge < -0.3 is 14.6 Å². The Morgan fingerprint density at radius 1 is 1.38 bits per heavy atom. The van der Waals surface area contributed by atoms with Crippen LogP contribution in [0, 0.1) is 5.82 Å². The first-order valence-corrected chi connectivity index (χ1v) is 5.30. The van der Waals surface area contributed by atoms with Gasteiger partial charge in [0, 0.05) is 31.6 Å². The van der Waals surface area contributed by atoms with Crippen LogP contribution in [0.5, 0.6) is 5.75 Å². The van der Waals surface area contributed by atoms with Crippen LogP contribution < -0.4 is 4.74 Å². The Kier molecular flexibility index (Phi) is 3.12. The molecule has 2 rings (SSSR count). The highest BCUT2D eigenvalue weighted by atomic mass is 19.1. The number of ether oxygens (including phenoxy) is 2. The Balaban J connectivity index is 2.40. The topological polar surface area (TPSA) is 38.7 Å². The van der Waals surface area contributed by atoms with E-state index in [4.69, 9.17) is 9.47 Å². The summed E-state index contributed by atoms with van der Waals surface area (Å²) in [4.78, 5) is 0. The fourth-order valence-electron chi connectivity index (χ4n) is 2.02. The lowest BCUT2D eigenvalue weighted by molar-refractivity contribution is -0.0691. The van der Waals surface area contributed by atoms with Crippen molar-refractivity contribution in [3.05, 3.63) is 29.6 Å². The molecule has 0 amide bonds. The van der Waals surface area contributed by atoms with E-state index in [1.807, 2.05) is 0 Å². The number of benzene rings is 1. The van der Waals surface area contributed by atoms with Gasteiger partial charge in [0.15, 0.2) is 0 Å². The van der Waals surface area contributed by atoms with Crippen LogP contribution in [0.1, 0.15) is 18.4 Å². The largest absolute Gasteiger partial charge is 0.496 e. The molecule has 88 valence electrons. The Labute approximate surface area is 93.8 Å². The van der Waals surface area contributed by atoms with Crippen molar-refractivity contribution < 1.29 is 19.0 Å². The molecule has 1 aliphatic heterocycles. The Hall–Kier alpha value is -1.13. The number of rotatable bonds is 2. The second-order valence-corrected chi connectivity index (χ2v) is 3.99. The predicted octanol–water partition coefficient (Wildman–Crippen LogP) is 1.83. The van der Waals surface area contributed by atoms with E-state index in [9.17, 15) is 9.50 Å². The van der Waals surface area contributed by atoms with Gasteiger partial charge in [-0.1, -0.05) is 0 Å². The van der Waals surface area contributed by atoms with Crippen molar-refractivity contribution in [2.45, 2.75) is 18.4 Å². The van der Waals surface area contributed by atoms with E-state index in [0.717, 1.165) is 0 Å². The van der Waals surface area contributed by atoms with Gasteiger partial charge >= 0.3 is 0 Å². The normalized spacial score (nSPS) is 19.4. The third-order valence-electron chi connectivity index (χ3n) is 2.98. The first kappa shape index (κ1) is 11.4. The molecule has 3 nitrogen and oxygen atoms in total. The summed E-state index contributed by atoms with van der Waals surface area (Å²) >= 11 is 0. The summed E-state index contributed by atoms with van der Waals surface area (Å²) < 4.78 is 23.6. The van der Waals surface area contributed by atoms with Crippen LogP contribution in [0.4, 0.5) is 4.39 Å². The molecular formula is C12H15FO3. The summed E-state index contributed by atoms with van der Waals surface area (Å²) in [6.07, 6.45) is 0.930. The summed E-state index contributed by atoms with van der Waals surface area (Å²) in [5.41, 5.74) is -0.524. The maximum absolute atomic E-state index is 13.2. The fraction of sp³-hybridized carbons (Fsp3) is 0.500. The van der Waals surface area contributed by atoms with Crippen LogP contribution >= 0.6 is 0 Å². The monoisotopic (exact) mass is 226 g/mol. The van der Waals surface area contributed by atoms with E-state index >= 15 is 0 Å². The zero-order chi connectivity index (χ0) is 11.6. The highest BCUT2D eigenvalue weighted by Crippen LogP contribution is 2.37. The van der Waals surface area contributed by atoms with Crippen LogP contribution in [-0.2, 0) is 10.3 Å². The van der Waals surface area contributed by atoms with Crippen molar-refractivity contribution in [1.29, 1.82) is 0 Å². The van der Waals surface area contributed by atoms with E-state index < -0.39 is 5.60 Å². The van der Waals surface area contributed by atoms with Crippen molar-refractivity contribution in [1.82, 2.24) is 0 Å². The highest BCUT2D eigenvalue weighted by molar-refractivity contribution is 5.38. The van der Waals surface area contributed by atoms with Crippen molar-refractivity contribution in [3.8, 4) is 5.75 Å². The van der Waals surface area contributed by atoms with Crippen molar-refractivity contribution >= 4 is 0 Å². The van der Waals surface area contributed by atoms with E-state index in [-0.39, 0.29) is 5.82 Å². The maximum atomic E-state index is 13.2. The standard InChI is InChI=1S/C12H15FO3/c1-15-11-3-2-9(13)8-10(11)12(14)4-6-16-7-5-12/h2-3,8,14H,4-7H2,1H3. The average Bonchev–Trinajstić information content (AvgIpc) is 2.30. The molecule has 1 N–H and O–H groups in total. The fourth-order valence-corrected chi connectivity index (χ4v) is 2.02. The average molecular weight is 226 g/mol. The molecule has 1 saturated heterocycles. The molecule has 0 aliphatic carbocycles. The van der Waals surface area contributed by atoms with Crippen LogP contribution in [-0.4, -0.2) is 25.4 Å². The Morgan fingerprint density at radius 2 is 2.06 bits per heavy atom. The lowest BCUT2D eigenvalue weighted by Crippen LogP contribution is -2.33. The molecule has 0 bridgehead atoms. The highest BCUT2D eigenvalue weighted by Gasteiger charge is 2.34. The first-order chi connectivity index (χ1) is 7.65. The molecule has 1 aromatic carbocycles. The first-order valence-electron chi connectivity index (χ1n) is 5.30. The minimum Gasteiger partial charge on any atom is -0.496 e. The van der Waals surface area contributed by atoms with Gasteiger partial charge in [0.25, 0.3) is 0 Å². The predicted molar refractivity (Wildman–Crippen MR) is 56.9 cm³/mol. The molecule has 1 heterocycles. The minimum absolute atomic E-state index is 0.365. The number of methoxy groups -OCH3 is 1. The van der Waals surface area contributed by atoms with Crippen LogP contribution in [0.3, 0.4) is 0 Å². The molecule has 0 atom stereocenters. The number of aliphatic hydroxyl groups is 1. The Morgan fingerprint density at radius 3 is 2.69 bits per heavy atom. The SMILES string of the molecule is COc1ccc(F)cc1C1(O)CCOCC1.